The normalized spacial score (nSPS) is 12.1. The van der Waals surface area contributed by atoms with Gasteiger partial charge in [0.2, 0.25) is 11.2 Å². The average Bonchev–Trinajstić information content (AvgIpc) is 2.59. The lowest BCUT2D eigenvalue weighted by atomic mass is 10.4. The van der Waals surface area contributed by atoms with Gasteiger partial charge in [-0.3, -0.25) is 9.05 Å². The van der Waals surface area contributed by atoms with Crippen LogP contribution in [-0.2, 0) is 20.9 Å². The Morgan fingerprint density at radius 2 is 1.94 bits per heavy atom. The van der Waals surface area contributed by atoms with Crippen molar-refractivity contribution in [1.29, 1.82) is 0 Å². The molecular weight excluding hydrogens is 295 g/mol. The summed E-state index contributed by atoms with van der Waals surface area (Å²) in [5, 5.41) is 0.356. The Hall–Kier alpha value is -0.130. The number of halogens is 1. The predicted molar refractivity (Wildman–Crippen MR) is 75.8 cm³/mol. The van der Waals surface area contributed by atoms with Gasteiger partial charge in [0.15, 0.2) is 0 Å². The molecule has 0 N–H and O–H groups in total. The second-order valence-corrected chi connectivity index (χ2v) is 7.00. The van der Waals surface area contributed by atoms with Crippen molar-refractivity contribution in [2.24, 2.45) is 0 Å². The molecule has 0 saturated heterocycles. The van der Waals surface area contributed by atoms with E-state index in [-0.39, 0.29) is 6.04 Å². The SMILES string of the molecule is CCOP(=S)(OCC)Oc1cn(C(C)C)c(Cl)n1. The van der Waals surface area contributed by atoms with Crippen molar-refractivity contribution in [3.63, 3.8) is 0 Å². The molecule has 0 aliphatic rings. The highest BCUT2D eigenvalue weighted by atomic mass is 35.5. The molecule has 1 heterocycles. The Bertz CT molecular complexity index is 429. The van der Waals surface area contributed by atoms with Crippen LogP contribution < -0.4 is 4.52 Å². The number of imidazole rings is 1. The largest absolute Gasteiger partial charge is 0.404 e. The lowest BCUT2D eigenvalue weighted by molar-refractivity contribution is 0.216. The van der Waals surface area contributed by atoms with Crippen molar-refractivity contribution in [1.82, 2.24) is 9.55 Å². The highest BCUT2D eigenvalue weighted by molar-refractivity contribution is 8.07. The number of hydrogen-bond acceptors (Lipinski definition) is 5. The van der Waals surface area contributed by atoms with E-state index in [1.807, 2.05) is 27.7 Å². The van der Waals surface area contributed by atoms with Crippen LogP contribution in [0.4, 0.5) is 0 Å². The van der Waals surface area contributed by atoms with Crippen LogP contribution in [0.15, 0.2) is 6.20 Å². The molecule has 1 aromatic rings. The molecule has 1 aromatic heterocycles. The highest BCUT2D eigenvalue weighted by Gasteiger charge is 2.23. The predicted octanol–water partition coefficient (Wildman–Crippen LogP) is 3.79. The van der Waals surface area contributed by atoms with Crippen LogP contribution in [0.3, 0.4) is 0 Å². The second-order valence-electron chi connectivity index (χ2n) is 3.72. The Kier molecular flexibility index (Phi) is 6.08. The van der Waals surface area contributed by atoms with E-state index in [9.17, 15) is 0 Å². The van der Waals surface area contributed by atoms with E-state index >= 15 is 0 Å². The second kappa shape index (κ2) is 6.87. The van der Waals surface area contributed by atoms with E-state index < -0.39 is 6.72 Å². The third-order valence-corrected chi connectivity index (χ3v) is 4.70. The van der Waals surface area contributed by atoms with Gasteiger partial charge in [-0.2, -0.15) is 4.98 Å². The fraction of sp³-hybridized carbons (Fsp3) is 0.700. The molecule has 5 nitrogen and oxygen atoms in total. The number of hydrogen-bond donors (Lipinski definition) is 0. The number of aromatic nitrogens is 2. The van der Waals surface area contributed by atoms with Crippen LogP contribution in [0, 0.1) is 0 Å². The lowest BCUT2D eigenvalue weighted by Crippen LogP contribution is -2.02. The zero-order valence-corrected chi connectivity index (χ0v) is 13.4. The first-order valence-corrected chi connectivity index (χ1v) is 8.68. The summed E-state index contributed by atoms with van der Waals surface area (Å²) in [7, 11) is 0. The van der Waals surface area contributed by atoms with Crippen molar-refractivity contribution in [3.05, 3.63) is 11.5 Å². The summed E-state index contributed by atoms with van der Waals surface area (Å²) < 4.78 is 18.1. The van der Waals surface area contributed by atoms with Crippen molar-refractivity contribution in [2.45, 2.75) is 33.7 Å². The smallest absolute Gasteiger partial charge is 0.381 e. The molecule has 0 radical (unpaired) electrons. The van der Waals surface area contributed by atoms with Gasteiger partial charge in [-0.1, -0.05) is 0 Å². The number of nitrogens with zero attached hydrogens (tertiary/aromatic N) is 2. The fourth-order valence-corrected chi connectivity index (χ4v) is 3.59. The van der Waals surface area contributed by atoms with Crippen LogP contribution >= 0.6 is 18.3 Å². The molecular formula is C10H18ClN2O3PS. The van der Waals surface area contributed by atoms with Gasteiger partial charge in [0.05, 0.1) is 19.4 Å². The first kappa shape index (κ1) is 15.9. The summed E-state index contributed by atoms with van der Waals surface area (Å²) >= 11 is 11.2. The van der Waals surface area contributed by atoms with Gasteiger partial charge < -0.3 is 9.09 Å². The molecule has 0 unspecified atom stereocenters. The summed E-state index contributed by atoms with van der Waals surface area (Å²) in [5.41, 5.74) is 0. The van der Waals surface area contributed by atoms with E-state index in [2.05, 4.69) is 4.98 Å². The Morgan fingerprint density at radius 1 is 1.39 bits per heavy atom. The summed E-state index contributed by atoms with van der Waals surface area (Å²) in [5.74, 6) is 0.332. The van der Waals surface area contributed by atoms with Gasteiger partial charge in [-0.25, -0.2) is 0 Å². The van der Waals surface area contributed by atoms with Crippen LogP contribution in [0.2, 0.25) is 5.28 Å². The van der Waals surface area contributed by atoms with E-state index in [1.165, 1.54) is 0 Å². The van der Waals surface area contributed by atoms with Crippen molar-refractivity contribution >= 4 is 30.1 Å². The summed E-state index contributed by atoms with van der Waals surface area (Å²) in [6.45, 7) is 5.74. The van der Waals surface area contributed by atoms with Gasteiger partial charge in [0.25, 0.3) is 0 Å². The molecule has 0 aliphatic heterocycles. The molecule has 0 atom stereocenters. The van der Waals surface area contributed by atoms with E-state index in [4.69, 9.17) is 37.0 Å². The maximum atomic E-state index is 5.99. The van der Waals surface area contributed by atoms with E-state index in [0.29, 0.717) is 24.4 Å². The Labute approximate surface area is 118 Å². The molecule has 1 rings (SSSR count). The Balaban J connectivity index is 2.88. The zero-order valence-electron chi connectivity index (χ0n) is 10.9. The molecule has 0 bridgehead atoms. The molecule has 0 saturated carbocycles. The minimum atomic E-state index is -2.78. The van der Waals surface area contributed by atoms with Crippen molar-refractivity contribution in [3.8, 4) is 5.88 Å². The first-order valence-electron chi connectivity index (χ1n) is 5.75. The average molecular weight is 313 g/mol. The quantitative estimate of drug-likeness (QED) is 0.717. The van der Waals surface area contributed by atoms with Gasteiger partial charge in [-0.15, -0.1) is 0 Å². The van der Waals surface area contributed by atoms with Gasteiger partial charge in [-0.05, 0) is 39.3 Å². The minimum Gasteiger partial charge on any atom is -0.404 e. The zero-order chi connectivity index (χ0) is 13.8. The van der Waals surface area contributed by atoms with Crippen LogP contribution in [0.25, 0.3) is 0 Å². The van der Waals surface area contributed by atoms with Crippen molar-refractivity contribution in [2.75, 3.05) is 13.2 Å². The van der Waals surface area contributed by atoms with Crippen LogP contribution in [-0.4, -0.2) is 22.8 Å². The Morgan fingerprint density at radius 3 is 2.33 bits per heavy atom. The van der Waals surface area contributed by atoms with Gasteiger partial charge in [0, 0.05) is 17.8 Å². The monoisotopic (exact) mass is 312 g/mol. The topological polar surface area (TPSA) is 45.5 Å². The first-order chi connectivity index (χ1) is 8.41. The summed E-state index contributed by atoms with van der Waals surface area (Å²) in [6.07, 6.45) is 1.70. The van der Waals surface area contributed by atoms with Gasteiger partial charge in [0.1, 0.15) is 0 Å². The van der Waals surface area contributed by atoms with Crippen LogP contribution in [0.1, 0.15) is 33.7 Å². The van der Waals surface area contributed by atoms with Crippen LogP contribution in [0.5, 0.6) is 5.88 Å². The minimum absolute atomic E-state index is 0.194. The van der Waals surface area contributed by atoms with E-state index in [1.54, 1.807) is 10.8 Å². The number of rotatable bonds is 7. The molecule has 0 aromatic carbocycles. The maximum Gasteiger partial charge on any atom is 0.381 e. The third-order valence-electron chi connectivity index (χ3n) is 2.00. The van der Waals surface area contributed by atoms with E-state index in [0.717, 1.165) is 0 Å². The molecule has 8 heteroatoms. The standard InChI is InChI=1S/C10H18ClN2O3PS/c1-5-14-17(18,15-6-2)16-9-7-13(8(3)4)10(11)12-9/h7-8H,5-6H2,1-4H3. The molecule has 0 fully saturated rings. The summed E-state index contributed by atoms with van der Waals surface area (Å²) in [4.78, 5) is 4.09. The fourth-order valence-electron chi connectivity index (χ4n) is 1.28. The molecule has 0 spiro atoms. The third kappa shape index (κ3) is 4.21. The molecule has 0 amide bonds. The maximum absolute atomic E-state index is 5.99. The summed E-state index contributed by atoms with van der Waals surface area (Å²) in [6, 6.07) is 0.194. The lowest BCUT2D eigenvalue weighted by Gasteiger charge is -2.19. The van der Waals surface area contributed by atoms with Gasteiger partial charge >= 0.3 is 6.72 Å². The molecule has 18 heavy (non-hydrogen) atoms. The molecule has 0 aliphatic carbocycles. The highest BCUT2D eigenvalue weighted by Crippen LogP contribution is 2.49. The van der Waals surface area contributed by atoms with Crippen molar-refractivity contribution < 1.29 is 13.6 Å². The molecule has 104 valence electrons.